The fourth-order valence-electron chi connectivity index (χ4n) is 2.99. The zero-order chi connectivity index (χ0) is 29.1. The first-order chi connectivity index (χ1) is 19.2. The SMILES string of the molecule is C=CC(=O)OCOc1ccc(C(=O)Oc2ccc(OC(=O)c3ccc(OCOC(=O)C(=C)C)cc3)c(C)c2)cc1. The molecule has 0 aliphatic carbocycles. The van der Waals surface area contributed by atoms with Crippen molar-refractivity contribution in [3.63, 3.8) is 0 Å². The van der Waals surface area contributed by atoms with E-state index in [1.165, 1.54) is 67.6 Å². The third-order valence-electron chi connectivity index (χ3n) is 5.10. The normalized spacial score (nSPS) is 10.1. The van der Waals surface area contributed by atoms with Crippen molar-refractivity contribution < 1.29 is 47.6 Å². The molecule has 0 bridgehead atoms. The fraction of sp³-hybridized carbons (Fsp3) is 0.133. The Bertz CT molecular complexity index is 1410. The van der Waals surface area contributed by atoms with Crippen molar-refractivity contribution in [3.05, 3.63) is 108 Å². The van der Waals surface area contributed by atoms with E-state index in [0.29, 0.717) is 17.1 Å². The van der Waals surface area contributed by atoms with Crippen molar-refractivity contribution in [2.45, 2.75) is 13.8 Å². The summed E-state index contributed by atoms with van der Waals surface area (Å²) in [5.41, 5.74) is 1.36. The Labute approximate surface area is 230 Å². The second-order valence-electron chi connectivity index (χ2n) is 8.16. The van der Waals surface area contributed by atoms with Gasteiger partial charge in [-0.3, -0.25) is 0 Å². The average Bonchev–Trinajstić information content (AvgIpc) is 2.94. The molecule has 0 N–H and O–H groups in total. The van der Waals surface area contributed by atoms with Gasteiger partial charge in [0, 0.05) is 11.6 Å². The smallest absolute Gasteiger partial charge is 0.343 e. The molecule has 206 valence electrons. The number of carbonyl (C=O) groups excluding carboxylic acids is 4. The molecule has 0 fully saturated rings. The molecule has 0 aliphatic heterocycles. The van der Waals surface area contributed by atoms with E-state index in [-0.39, 0.29) is 41.8 Å². The molecule has 3 aromatic rings. The van der Waals surface area contributed by atoms with Gasteiger partial charge in [-0.2, -0.15) is 0 Å². The maximum atomic E-state index is 12.6. The Balaban J connectivity index is 1.52. The van der Waals surface area contributed by atoms with Crippen LogP contribution < -0.4 is 18.9 Å². The van der Waals surface area contributed by atoms with Crippen LogP contribution in [0.3, 0.4) is 0 Å². The van der Waals surface area contributed by atoms with Crippen LogP contribution in [0, 0.1) is 6.92 Å². The monoisotopic (exact) mass is 546 g/mol. The summed E-state index contributed by atoms with van der Waals surface area (Å²) < 4.78 is 31.0. The Hall–Kier alpha value is -5.38. The van der Waals surface area contributed by atoms with Crippen molar-refractivity contribution in [3.8, 4) is 23.0 Å². The molecule has 0 aromatic heterocycles. The lowest BCUT2D eigenvalue weighted by molar-refractivity contribution is -0.145. The maximum Gasteiger partial charge on any atom is 0.343 e. The summed E-state index contributed by atoms with van der Waals surface area (Å²) in [4.78, 5) is 47.5. The summed E-state index contributed by atoms with van der Waals surface area (Å²) in [7, 11) is 0. The molecule has 10 heteroatoms. The number of ether oxygens (including phenoxy) is 6. The van der Waals surface area contributed by atoms with E-state index in [0.717, 1.165) is 6.08 Å². The molecule has 0 unspecified atom stereocenters. The third kappa shape index (κ3) is 8.59. The maximum absolute atomic E-state index is 12.6. The van der Waals surface area contributed by atoms with Crippen LogP contribution in [0.15, 0.2) is 91.5 Å². The van der Waals surface area contributed by atoms with Crippen LogP contribution in [-0.4, -0.2) is 37.5 Å². The van der Waals surface area contributed by atoms with Gasteiger partial charge in [-0.25, -0.2) is 19.2 Å². The van der Waals surface area contributed by atoms with E-state index in [2.05, 4.69) is 13.2 Å². The van der Waals surface area contributed by atoms with Gasteiger partial charge in [-0.1, -0.05) is 13.2 Å². The molecular weight excluding hydrogens is 520 g/mol. The zero-order valence-corrected chi connectivity index (χ0v) is 21.8. The van der Waals surface area contributed by atoms with Gasteiger partial charge in [0.15, 0.2) is 0 Å². The van der Waals surface area contributed by atoms with E-state index < -0.39 is 23.9 Å². The lowest BCUT2D eigenvalue weighted by atomic mass is 10.2. The van der Waals surface area contributed by atoms with E-state index in [4.69, 9.17) is 28.4 Å². The van der Waals surface area contributed by atoms with Gasteiger partial charge in [0.05, 0.1) is 11.1 Å². The molecule has 0 spiro atoms. The highest BCUT2D eigenvalue weighted by atomic mass is 16.7. The van der Waals surface area contributed by atoms with Gasteiger partial charge in [0.25, 0.3) is 0 Å². The fourth-order valence-corrected chi connectivity index (χ4v) is 2.99. The minimum absolute atomic E-state index is 0.256. The minimum Gasteiger partial charge on any atom is -0.457 e. The zero-order valence-electron chi connectivity index (χ0n) is 21.8. The van der Waals surface area contributed by atoms with Crippen molar-refractivity contribution in [2.75, 3.05) is 13.6 Å². The highest BCUT2D eigenvalue weighted by molar-refractivity contribution is 5.92. The quantitative estimate of drug-likeness (QED) is 0.133. The largest absolute Gasteiger partial charge is 0.457 e. The molecule has 40 heavy (non-hydrogen) atoms. The van der Waals surface area contributed by atoms with Crippen molar-refractivity contribution in [1.29, 1.82) is 0 Å². The van der Waals surface area contributed by atoms with Crippen LogP contribution in [0.1, 0.15) is 33.2 Å². The second-order valence-corrected chi connectivity index (χ2v) is 8.16. The molecule has 0 amide bonds. The summed E-state index contributed by atoms with van der Waals surface area (Å²) in [6.07, 6.45) is 1.02. The number of esters is 4. The lowest BCUT2D eigenvalue weighted by Crippen LogP contribution is -2.12. The Morgan fingerprint density at radius 3 is 1.73 bits per heavy atom. The third-order valence-corrected chi connectivity index (χ3v) is 5.10. The first kappa shape index (κ1) is 29.2. The number of hydrogen-bond acceptors (Lipinski definition) is 10. The molecular formula is C30H26O10. The number of benzene rings is 3. The summed E-state index contributed by atoms with van der Waals surface area (Å²) in [5.74, 6) is -1.06. The molecule has 10 nitrogen and oxygen atoms in total. The first-order valence-electron chi connectivity index (χ1n) is 11.8. The molecule has 3 rings (SSSR count). The molecule has 0 heterocycles. The number of rotatable bonds is 12. The molecule has 0 saturated heterocycles. The average molecular weight is 547 g/mol. The Morgan fingerprint density at radius 1 is 0.725 bits per heavy atom. The lowest BCUT2D eigenvalue weighted by Gasteiger charge is -2.11. The van der Waals surface area contributed by atoms with E-state index in [1.807, 2.05) is 0 Å². The van der Waals surface area contributed by atoms with Gasteiger partial charge in [-0.05, 0) is 86.1 Å². The molecule has 3 aromatic carbocycles. The number of aryl methyl sites for hydroxylation is 1. The van der Waals surface area contributed by atoms with Crippen molar-refractivity contribution in [1.82, 2.24) is 0 Å². The van der Waals surface area contributed by atoms with Gasteiger partial charge in [0.2, 0.25) is 13.6 Å². The van der Waals surface area contributed by atoms with E-state index in [1.54, 1.807) is 13.0 Å². The standard InChI is InChI=1S/C30H26O10/c1-5-27(31)37-17-35-23-10-6-21(7-11-23)29(33)39-25-14-15-26(20(4)16-25)40-30(34)22-8-12-24(13-9-22)36-18-38-28(32)19(2)3/h5-16H,1-2,17-18H2,3-4H3. The highest BCUT2D eigenvalue weighted by Gasteiger charge is 2.14. The summed E-state index contributed by atoms with van der Waals surface area (Å²) in [5, 5.41) is 0. The van der Waals surface area contributed by atoms with Gasteiger partial charge >= 0.3 is 23.9 Å². The van der Waals surface area contributed by atoms with Gasteiger partial charge in [-0.15, -0.1) is 0 Å². The summed E-state index contributed by atoms with van der Waals surface area (Å²) >= 11 is 0. The van der Waals surface area contributed by atoms with Gasteiger partial charge < -0.3 is 28.4 Å². The van der Waals surface area contributed by atoms with Crippen molar-refractivity contribution >= 4 is 23.9 Å². The van der Waals surface area contributed by atoms with Crippen molar-refractivity contribution in [2.24, 2.45) is 0 Å². The Morgan fingerprint density at radius 2 is 1.23 bits per heavy atom. The topological polar surface area (TPSA) is 124 Å². The van der Waals surface area contributed by atoms with Crippen LogP contribution in [0.25, 0.3) is 0 Å². The van der Waals surface area contributed by atoms with Crippen LogP contribution >= 0.6 is 0 Å². The molecule has 0 aliphatic rings. The predicted octanol–water partition coefficient (Wildman–Crippen LogP) is 4.95. The molecule has 0 radical (unpaired) electrons. The highest BCUT2D eigenvalue weighted by Crippen LogP contribution is 2.25. The summed E-state index contributed by atoms with van der Waals surface area (Å²) in [6, 6.07) is 16.7. The van der Waals surface area contributed by atoms with E-state index >= 15 is 0 Å². The van der Waals surface area contributed by atoms with Crippen LogP contribution in [0.2, 0.25) is 0 Å². The summed E-state index contributed by atoms with van der Waals surface area (Å²) in [6.45, 7) is 9.41. The predicted molar refractivity (Wildman–Crippen MR) is 142 cm³/mol. The molecule has 0 atom stereocenters. The van der Waals surface area contributed by atoms with Gasteiger partial charge in [0.1, 0.15) is 23.0 Å². The second kappa shape index (κ2) is 14.0. The van der Waals surface area contributed by atoms with E-state index in [9.17, 15) is 19.2 Å². The van der Waals surface area contributed by atoms with Crippen LogP contribution in [-0.2, 0) is 19.1 Å². The minimum atomic E-state index is -0.613. The molecule has 0 saturated carbocycles. The number of carbonyl (C=O) groups is 4. The number of hydrogen-bond donors (Lipinski definition) is 0. The van der Waals surface area contributed by atoms with Crippen LogP contribution in [0.4, 0.5) is 0 Å². The first-order valence-corrected chi connectivity index (χ1v) is 11.8. The van der Waals surface area contributed by atoms with Crippen LogP contribution in [0.5, 0.6) is 23.0 Å². The Kier molecular flexibility index (Phi) is 10.2.